The van der Waals surface area contributed by atoms with Crippen molar-refractivity contribution in [2.24, 2.45) is 5.92 Å². The summed E-state index contributed by atoms with van der Waals surface area (Å²) >= 11 is 0. The van der Waals surface area contributed by atoms with Crippen molar-refractivity contribution in [2.45, 2.75) is 13.3 Å². The summed E-state index contributed by atoms with van der Waals surface area (Å²) in [6, 6.07) is 0. The van der Waals surface area contributed by atoms with Gasteiger partial charge >= 0.3 is 11.9 Å². The third-order valence-electron chi connectivity index (χ3n) is 1.50. The van der Waals surface area contributed by atoms with E-state index in [0.717, 1.165) is 6.92 Å². The van der Waals surface area contributed by atoms with Gasteiger partial charge in [-0.15, -0.1) is 0 Å². The Kier molecular flexibility index (Phi) is 2.03. The van der Waals surface area contributed by atoms with Crippen LogP contribution in [0.5, 0.6) is 0 Å². The Morgan fingerprint density at radius 3 is 2.42 bits per heavy atom. The molecule has 0 aliphatic carbocycles. The minimum Gasteiger partial charge on any atom is -0.392 e. The van der Waals surface area contributed by atoms with Crippen LogP contribution in [-0.2, 0) is 23.9 Å². The predicted octanol–water partition coefficient (Wildman–Crippen LogP) is -0.766. The number of cyclic esters (lactones) is 2. The third kappa shape index (κ3) is 1.39. The number of carbonyl (C=O) groups is 4. The predicted molar refractivity (Wildman–Crippen MR) is 34.9 cm³/mol. The van der Waals surface area contributed by atoms with Crippen LogP contribution >= 0.6 is 0 Å². The number of ketones is 2. The fraction of sp³-hybridized carbons (Fsp3) is 0.429. The average Bonchev–Trinajstić information content (AvgIpc) is 1.82. The number of carbonyl (C=O) groups excluding carboxylic acids is 4. The van der Waals surface area contributed by atoms with Gasteiger partial charge in [0.05, 0.1) is 0 Å². The number of hydrogen-bond acceptors (Lipinski definition) is 5. The van der Waals surface area contributed by atoms with E-state index in [0.29, 0.717) is 0 Å². The molecule has 1 rings (SSSR count). The first-order valence-corrected chi connectivity index (χ1v) is 3.30. The second-order valence-corrected chi connectivity index (χ2v) is 2.48. The van der Waals surface area contributed by atoms with E-state index in [9.17, 15) is 19.2 Å². The summed E-state index contributed by atoms with van der Waals surface area (Å²) in [4.78, 5) is 42.9. The van der Waals surface area contributed by atoms with Gasteiger partial charge < -0.3 is 4.74 Å². The SMILES string of the molecule is CC(=O)C1C(=O)CC(=O)OC1=O. The Bertz CT molecular complexity index is 258. The Labute approximate surface area is 67.7 Å². The number of Topliss-reactive ketones (excluding diaryl/α,β-unsaturated/α-hetero) is 2. The highest BCUT2D eigenvalue weighted by molar-refractivity contribution is 6.24. The highest BCUT2D eigenvalue weighted by atomic mass is 16.6. The van der Waals surface area contributed by atoms with Crippen molar-refractivity contribution < 1.29 is 23.9 Å². The van der Waals surface area contributed by atoms with Crippen molar-refractivity contribution in [3.63, 3.8) is 0 Å². The molecule has 1 unspecified atom stereocenters. The second kappa shape index (κ2) is 2.84. The minimum absolute atomic E-state index is 0.490. The first kappa shape index (κ1) is 8.58. The van der Waals surface area contributed by atoms with Crippen LogP contribution in [0.4, 0.5) is 0 Å². The molecule has 1 heterocycles. The zero-order valence-electron chi connectivity index (χ0n) is 6.33. The summed E-state index contributed by atoms with van der Waals surface area (Å²) in [6.07, 6.45) is -0.490. The molecule has 1 aliphatic heterocycles. The van der Waals surface area contributed by atoms with Gasteiger partial charge in [-0.05, 0) is 6.92 Å². The van der Waals surface area contributed by atoms with Crippen LogP contribution in [0.25, 0.3) is 0 Å². The first-order valence-electron chi connectivity index (χ1n) is 3.30. The number of hydrogen-bond donors (Lipinski definition) is 0. The van der Waals surface area contributed by atoms with Crippen LogP contribution in [0.15, 0.2) is 0 Å². The molecular formula is C7H6O5. The van der Waals surface area contributed by atoms with Crippen molar-refractivity contribution in [1.29, 1.82) is 0 Å². The molecule has 1 atom stereocenters. The van der Waals surface area contributed by atoms with Crippen molar-refractivity contribution in [2.75, 3.05) is 0 Å². The molecule has 12 heavy (non-hydrogen) atoms. The van der Waals surface area contributed by atoms with E-state index in [1.54, 1.807) is 0 Å². The van der Waals surface area contributed by atoms with Crippen molar-refractivity contribution in [3.05, 3.63) is 0 Å². The highest BCUT2D eigenvalue weighted by Gasteiger charge is 2.39. The van der Waals surface area contributed by atoms with Crippen LogP contribution in [0.3, 0.4) is 0 Å². The van der Waals surface area contributed by atoms with Crippen LogP contribution in [0, 0.1) is 5.92 Å². The van der Waals surface area contributed by atoms with Gasteiger partial charge in [0.2, 0.25) is 0 Å². The number of rotatable bonds is 1. The molecule has 0 saturated carbocycles. The molecule has 0 bridgehead atoms. The summed E-state index contributed by atoms with van der Waals surface area (Å²) in [5.74, 6) is -4.59. The van der Waals surface area contributed by atoms with E-state index in [1.807, 2.05) is 0 Å². The molecule has 0 N–H and O–H groups in total. The highest BCUT2D eigenvalue weighted by Crippen LogP contribution is 2.13. The molecule has 0 aromatic carbocycles. The Hall–Kier alpha value is -1.52. The third-order valence-corrected chi connectivity index (χ3v) is 1.50. The first-order chi connectivity index (χ1) is 5.52. The van der Waals surface area contributed by atoms with Crippen LogP contribution in [0.2, 0.25) is 0 Å². The molecule has 1 saturated heterocycles. The van der Waals surface area contributed by atoms with Gasteiger partial charge in [-0.25, -0.2) is 0 Å². The molecule has 0 aromatic heterocycles. The molecule has 0 aromatic rings. The molecule has 0 spiro atoms. The second-order valence-electron chi connectivity index (χ2n) is 2.48. The minimum atomic E-state index is -1.39. The zero-order valence-corrected chi connectivity index (χ0v) is 6.33. The topological polar surface area (TPSA) is 77.5 Å². The Balaban J connectivity index is 2.88. The lowest BCUT2D eigenvalue weighted by molar-refractivity contribution is -0.170. The van der Waals surface area contributed by atoms with Gasteiger partial charge in [-0.2, -0.15) is 0 Å². The zero-order chi connectivity index (χ0) is 9.30. The molecule has 5 nitrogen and oxygen atoms in total. The summed E-state index contributed by atoms with van der Waals surface area (Å²) in [6.45, 7) is 1.11. The molecule has 1 aliphatic rings. The maximum Gasteiger partial charge on any atom is 0.331 e. The van der Waals surface area contributed by atoms with E-state index < -0.39 is 35.8 Å². The molecule has 1 fully saturated rings. The lowest BCUT2D eigenvalue weighted by Crippen LogP contribution is -2.39. The van der Waals surface area contributed by atoms with Crippen molar-refractivity contribution >= 4 is 23.5 Å². The van der Waals surface area contributed by atoms with E-state index >= 15 is 0 Å². The van der Waals surface area contributed by atoms with Gasteiger partial charge in [-0.3, -0.25) is 19.2 Å². The quantitative estimate of drug-likeness (QED) is 0.381. The van der Waals surface area contributed by atoms with Gasteiger partial charge in [0.1, 0.15) is 6.42 Å². The van der Waals surface area contributed by atoms with E-state index in [2.05, 4.69) is 4.74 Å². The van der Waals surface area contributed by atoms with E-state index in [-0.39, 0.29) is 0 Å². The summed E-state index contributed by atoms with van der Waals surface area (Å²) in [5, 5.41) is 0. The fourth-order valence-corrected chi connectivity index (χ4v) is 0.976. The molecular weight excluding hydrogens is 164 g/mol. The van der Waals surface area contributed by atoms with Crippen LogP contribution in [-0.4, -0.2) is 23.5 Å². The van der Waals surface area contributed by atoms with Gasteiger partial charge in [0.15, 0.2) is 17.5 Å². The monoisotopic (exact) mass is 170 g/mol. The van der Waals surface area contributed by atoms with Crippen LogP contribution < -0.4 is 0 Å². The number of esters is 2. The van der Waals surface area contributed by atoms with Gasteiger partial charge in [0.25, 0.3) is 0 Å². The lowest BCUT2D eigenvalue weighted by Gasteiger charge is -2.15. The standard InChI is InChI=1S/C7H6O5/c1-3(8)6-4(9)2-5(10)12-7(6)11/h6H,2H2,1H3. The smallest absolute Gasteiger partial charge is 0.331 e. The summed E-state index contributed by atoms with van der Waals surface area (Å²) in [7, 11) is 0. The maximum absolute atomic E-state index is 10.9. The Morgan fingerprint density at radius 1 is 1.42 bits per heavy atom. The lowest BCUT2D eigenvalue weighted by atomic mass is 9.96. The van der Waals surface area contributed by atoms with Crippen molar-refractivity contribution in [1.82, 2.24) is 0 Å². The van der Waals surface area contributed by atoms with Gasteiger partial charge in [-0.1, -0.05) is 0 Å². The largest absolute Gasteiger partial charge is 0.392 e. The van der Waals surface area contributed by atoms with E-state index in [4.69, 9.17) is 0 Å². The molecule has 0 radical (unpaired) electrons. The summed E-state index contributed by atoms with van der Waals surface area (Å²) < 4.78 is 4.11. The molecule has 5 heteroatoms. The van der Waals surface area contributed by atoms with Crippen LogP contribution in [0.1, 0.15) is 13.3 Å². The average molecular weight is 170 g/mol. The normalized spacial score (nSPS) is 23.8. The Morgan fingerprint density at radius 2 is 2.00 bits per heavy atom. The fourth-order valence-electron chi connectivity index (χ4n) is 0.976. The molecule has 0 amide bonds. The van der Waals surface area contributed by atoms with Crippen molar-refractivity contribution in [3.8, 4) is 0 Å². The maximum atomic E-state index is 10.9. The number of ether oxygens (including phenoxy) is 1. The van der Waals surface area contributed by atoms with E-state index in [1.165, 1.54) is 0 Å². The summed E-state index contributed by atoms with van der Waals surface area (Å²) in [5.41, 5.74) is 0. The van der Waals surface area contributed by atoms with Gasteiger partial charge in [0, 0.05) is 0 Å². The molecule has 64 valence electrons.